The summed E-state index contributed by atoms with van der Waals surface area (Å²) >= 11 is 0. The lowest BCUT2D eigenvalue weighted by molar-refractivity contribution is -0.0265. The molecule has 4 heteroatoms. The molecular weight excluding hydrogens is 194 g/mol. The lowest BCUT2D eigenvalue weighted by atomic mass is 9.96. The van der Waals surface area contributed by atoms with Gasteiger partial charge in [0.25, 0.3) is 0 Å². The quantitative estimate of drug-likeness (QED) is 0.701. The first kappa shape index (κ1) is 11.3. The molecule has 15 heavy (non-hydrogen) atoms. The third-order valence-corrected chi connectivity index (χ3v) is 3.55. The van der Waals surface area contributed by atoms with Gasteiger partial charge in [0.2, 0.25) is 0 Å². The molecule has 0 aromatic carbocycles. The van der Waals surface area contributed by atoms with E-state index in [2.05, 4.69) is 5.32 Å². The Labute approximate surface area is 90.9 Å². The number of aliphatic hydroxyl groups is 1. The van der Waals surface area contributed by atoms with Crippen LogP contribution in [0.4, 0.5) is 0 Å². The van der Waals surface area contributed by atoms with E-state index in [4.69, 9.17) is 9.47 Å². The van der Waals surface area contributed by atoms with E-state index in [1.807, 2.05) is 6.92 Å². The Morgan fingerprint density at radius 2 is 2.33 bits per heavy atom. The molecule has 3 atom stereocenters. The molecule has 0 aromatic rings. The van der Waals surface area contributed by atoms with Crippen molar-refractivity contribution in [1.82, 2.24) is 5.32 Å². The zero-order valence-electron chi connectivity index (χ0n) is 9.37. The topological polar surface area (TPSA) is 50.7 Å². The van der Waals surface area contributed by atoms with Crippen molar-refractivity contribution in [3.63, 3.8) is 0 Å². The summed E-state index contributed by atoms with van der Waals surface area (Å²) in [5.41, 5.74) is -0.667. The maximum atomic E-state index is 10.2. The predicted octanol–water partition coefficient (Wildman–Crippen LogP) is 0.152. The SMILES string of the molecule is CC1OCCC1(O)CNCC1CCOC1. The highest BCUT2D eigenvalue weighted by Crippen LogP contribution is 2.24. The second-order valence-electron chi connectivity index (χ2n) is 4.73. The standard InChI is InChI=1S/C11H21NO3/c1-9-11(13,3-5-15-9)8-12-6-10-2-4-14-7-10/h9-10,12-13H,2-8H2,1H3. The summed E-state index contributed by atoms with van der Waals surface area (Å²) in [6.45, 7) is 5.92. The van der Waals surface area contributed by atoms with Gasteiger partial charge in [-0.1, -0.05) is 0 Å². The van der Waals surface area contributed by atoms with Gasteiger partial charge in [0, 0.05) is 32.7 Å². The van der Waals surface area contributed by atoms with Crippen molar-refractivity contribution in [3.05, 3.63) is 0 Å². The van der Waals surface area contributed by atoms with Crippen LogP contribution in [0.2, 0.25) is 0 Å². The summed E-state index contributed by atoms with van der Waals surface area (Å²) in [4.78, 5) is 0. The molecule has 0 spiro atoms. The number of hydrogen-bond donors (Lipinski definition) is 2. The predicted molar refractivity (Wildman–Crippen MR) is 56.8 cm³/mol. The minimum absolute atomic E-state index is 0.0511. The fourth-order valence-electron chi connectivity index (χ4n) is 2.24. The summed E-state index contributed by atoms with van der Waals surface area (Å²) in [7, 11) is 0. The van der Waals surface area contributed by atoms with Crippen LogP contribution < -0.4 is 5.32 Å². The fourth-order valence-corrected chi connectivity index (χ4v) is 2.24. The molecule has 2 aliphatic heterocycles. The van der Waals surface area contributed by atoms with Gasteiger partial charge in [-0.2, -0.15) is 0 Å². The van der Waals surface area contributed by atoms with Crippen LogP contribution in [0.5, 0.6) is 0 Å². The third kappa shape index (κ3) is 2.69. The molecule has 88 valence electrons. The van der Waals surface area contributed by atoms with E-state index in [9.17, 15) is 5.11 Å². The summed E-state index contributed by atoms with van der Waals surface area (Å²) in [6.07, 6.45) is 1.82. The Morgan fingerprint density at radius 3 is 2.93 bits per heavy atom. The van der Waals surface area contributed by atoms with Crippen LogP contribution in [-0.4, -0.2) is 49.7 Å². The largest absolute Gasteiger partial charge is 0.386 e. The summed E-state index contributed by atoms with van der Waals surface area (Å²) in [6, 6.07) is 0. The molecule has 0 aromatic heterocycles. The minimum Gasteiger partial charge on any atom is -0.386 e. The van der Waals surface area contributed by atoms with E-state index in [0.717, 1.165) is 32.6 Å². The van der Waals surface area contributed by atoms with E-state index >= 15 is 0 Å². The van der Waals surface area contributed by atoms with Gasteiger partial charge in [-0.3, -0.25) is 0 Å². The molecule has 0 aliphatic carbocycles. The maximum absolute atomic E-state index is 10.2. The Bertz CT molecular complexity index is 206. The van der Waals surface area contributed by atoms with Gasteiger partial charge in [-0.25, -0.2) is 0 Å². The van der Waals surface area contributed by atoms with Gasteiger partial charge in [0.1, 0.15) is 5.60 Å². The van der Waals surface area contributed by atoms with Gasteiger partial charge < -0.3 is 19.9 Å². The first-order valence-corrected chi connectivity index (χ1v) is 5.83. The van der Waals surface area contributed by atoms with Crippen LogP contribution in [0.3, 0.4) is 0 Å². The maximum Gasteiger partial charge on any atom is 0.105 e. The molecule has 3 unspecified atom stereocenters. The lowest BCUT2D eigenvalue weighted by Gasteiger charge is -2.26. The minimum atomic E-state index is -0.667. The highest BCUT2D eigenvalue weighted by molar-refractivity contribution is 4.91. The van der Waals surface area contributed by atoms with Crippen molar-refractivity contribution in [1.29, 1.82) is 0 Å². The number of rotatable bonds is 4. The van der Waals surface area contributed by atoms with Crippen molar-refractivity contribution < 1.29 is 14.6 Å². The van der Waals surface area contributed by atoms with Crippen molar-refractivity contribution in [2.45, 2.75) is 31.5 Å². The van der Waals surface area contributed by atoms with Gasteiger partial charge >= 0.3 is 0 Å². The van der Waals surface area contributed by atoms with E-state index in [0.29, 0.717) is 19.1 Å². The number of nitrogens with one attached hydrogen (secondary N) is 1. The second-order valence-corrected chi connectivity index (χ2v) is 4.73. The molecule has 2 rings (SSSR count). The third-order valence-electron chi connectivity index (χ3n) is 3.55. The Balaban J connectivity index is 1.68. The molecule has 2 saturated heterocycles. The van der Waals surface area contributed by atoms with Crippen LogP contribution in [0, 0.1) is 5.92 Å². The molecule has 2 N–H and O–H groups in total. The van der Waals surface area contributed by atoms with Crippen LogP contribution in [0.1, 0.15) is 19.8 Å². The fraction of sp³-hybridized carbons (Fsp3) is 1.00. The highest BCUT2D eigenvalue weighted by atomic mass is 16.5. The summed E-state index contributed by atoms with van der Waals surface area (Å²) in [5.74, 6) is 0.617. The van der Waals surface area contributed by atoms with Crippen LogP contribution in [-0.2, 0) is 9.47 Å². The van der Waals surface area contributed by atoms with Crippen molar-refractivity contribution in [3.8, 4) is 0 Å². The first-order valence-electron chi connectivity index (χ1n) is 5.83. The van der Waals surface area contributed by atoms with E-state index in [1.165, 1.54) is 0 Å². The van der Waals surface area contributed by atoms with Gasteiger partial charge in [-0.15, -0.1) is 0 Å². The van der Waals surface area contributed by atoms with Crippen molar-refractivity contribution in [2.24, 2.45) is 5.92 Å². The van der Waals surface area contributed by atoms with Gasteiger partial charge in [0.15, 0.2) is 0 Å². The molecule has 2 heterocycles. The Kier molecular flexibility index (Phi) is 3.61. The molecular formula is C11H21NO3. The lowest BCUT2D eigenvalue weighted by Crippen LogP contribution is -2.46. The number of ether oxygens (including phenoxy) is 2. The van der Waals surface area contributed by atoms with Gasteiger partial charge in [0.05, 0.1) is 12.7 Å². The molecule has 0 saturated carbocycles. The molecule has 0 radical (unpaired) electrons. The molecule has 2 aliphatic rings. The van der Waals surface area contributed by atoms with Crippen molar-refractivity contribution >= 4 is 0 Å². The molecule has 4 nitrogen and oxygen atoms in total. The monoisotopic (exact) mass is 215 g/mol. The zero-order valence-corrected chi connectivity index (χ0v) is 9.37. The average molecular weight is 215 g/mol. The van der Waals surface area contributed by atoms with E-state index in [-0.39, 0.29) is 6.10 Å². The normalized spacial score (nSPS) is 41.2. The molecule has 0 amide bonds. The van der Waals surface area contributed by atoms with Crippen molar-refractivity contribution in [2.75, 3.05) is 32.9 Å². The van der Waals surface area contributed by atoms with Crippen LogP contribution in [0.25, 0.3) is 0 Å². The number of hydrogen-bond acceptors (Lipinski definition) is 4. The highest BCUT2D eigenvalue weighted by Gasteiger charge is 2.39. The smallest absolute Gasteiger partial charge is 0.105 e. The zero-order chi connectivity index (χ0) is 10.7. The average Bonchev–Trinajstić information content (AvgIpc) is 2.79. The summed E-state index contributed by atoms with van der Waals surface area (Å²) < 4.78 is 10.7. The Hall–Kier alpha value is -0.160. The van der Waals surface area contributed by atoms with Crippen LogP contribution in [0.15, 0.2) is 0 Å². The second kappa shape index (κ2) is 4.78. The molecule has 2 fully saturated rings. The van der Waals surface area contributed by atoms with E-state index < -0.39 is 5.60 Å². The summed E-state index contributed by atoms with van der Waals surface area (Å²) in [5, 5.41) is 13.5. The van der Waals surface area contributed by atoms with E-state index in [1.54, 1.807) is 0 Å². The molecule has 0 bridgehead atoms. The van der Waals surface area contributed by atoms with Gasteiger partial charge in [-0.05, 0) is 19.3 Å². The Morgan fingerprint density at radius 1 is 1.47 bits per heavy atom. The first-order chi connectivity index (χ1) is 7.21. The van der Waals surface area contributed by atoms with Crippen LogP contribution >= 0.6 is 0 Å².